The van der Waals surface area contributed by atoms with Gasteiger partial charge in [-0.2, -0.15) is 0 Å². The van der Waals surface area contributed by atoms with Crippen molar-refractivity contribution >= 4 is 34.7 Å². The molecule has 1 amide bonds. The number of rotatable bonds is 5. The molecule has 0 fully saturated rings. The Bertz CT molecular complexity index is 1240. The zero-order valence-electron chi connectivity index (χ0n) is 16.6. The molecule has 7 heteroatoms. The maximum atomic E-state index is 13.5. The highest BCUT2D eigenvalue weighted by atomic mass is 35.5. The summed E-state index contributed by atoms with van der Waals surface area (Å²) in [6.07, 6.45) is 1.60. The van der Waals surface area contributed by atoms with Crippen molar-refractivity contribution in [2.45, 2.75) is 6.92 Å². The standard InChI is InChI=1S/C24H18ClFN4O/c1-15-5-8-20(14-21(15)25)29-24(31)16-6-9-19(10-7-16)28-22-11-12-27-23(30-22)17-3-2-4-18(26)13-17/h2-14H,1H3,(H,29,31)(H,27,28,30). The molecule has 2 N–H and O–H groups in total. The van der Waals surface area contributed by atoms with Crippen molar-refractivity contribution in [3.63, 3.8) is 0 Å². The number of hydrogen-bond acceptors (Lipinski definition) is 4. The van der Waals surface area contributed by atoms with E-state index in [1.54, 1.807) is 60.8 Å². The lowest BCUT2D eigenvalue weighted by molar-refractivity contribution is 0.102. The van der Waals surface area contributed by atoms with Crippen molar-refractivity contribution in [3.05, 3.63) is 101 Å². The fraction of sp³-hybridized carbons (Fsp3) is 0.0417. The van der Waals surface area contributed by atoms with Crippen LogP contribution in [0.25, 0.3) is 11.4 Å². The maximum absolute atomic E-state index is 13.5. The Kier molecular flexibility index (Phi) is 5.91. The number of hydrogen-bond donors (Lipinski definition) is 2. The van der Waals surface area contributed by atoms with Crippen molar-refractivity contribution in [3.8, 4) is 11.4 Å². The van der Waals surface area contributed by atoms with E-state index in [1.165, 1.54) is 12.1 Å². The molecule has 0 aliphatic heterocycles. The summed E-state index contributed by atoms with van der Waals surface area (Å²) < 4.78 is 13.5. The largest absolute Gasteiger partial charge is 0.340 e. The van der Waals surface area contributed by atoms with Gasteiger partial charge in [0.15, 0.2) is 5.82 Å². The van der Waals surface area contributed by atoms with Gasteiger partial charge in [-0.05, 0) is 67.1 Å². The summed E-state index contributed by atoms with van der Waals surface area (Å²) in [5, 5.41) is 6.59. The number of carbonyl (C=O) groups excluding carboxylic acids is 1. The summed E-state index contributed by atoms with van der Waals surface area (Å²) >= 11 is 6.11. The second-order valence-corrected chi connectivity index (χ2v) is 7.30. The molecule has 0 bridgehead atoms. The predicted molar refractivity (Wildman–Crippen MR) is 121 cm³/mol. The van der Waals surface area contributed by atoms with E-state index in [9.17, 15) is 9.18 Å². The van der Waals surface area contributed by atoms with Crippen LogP contribution in [0.1, 0.15) is 15.9 Å². The molecule has 5 nitrogen and oxygen atoms in total. The van der Waals surface area contributed by atoms with E-state index in [4.69, 9.17) is 11.6 Å². The van der Waals surface area contributed by atoms with E-state index in [1.807, 2.05) is 13.0 Å². The van der Waals surface area contributed by atoms with Crippen LogP contribution < -0.4 is 10.6 Å². The number of aryl methyl sites for hydroxylation is 1. The molecule has 154 valence electrons. The van der Waals surface area contributed by atoms with Crippen LogP contribution in [0.4, 0.5) is 21.6 Å². The summed E-state index contributed by atoms with van der Waals surface area (Å²) in [7, 11) is 0. The molecule has 0 aliphatic carbocycles. The zero-order valence-corrected chi connectivity index (χ0v) is 17.3. The second-order valence-electron chi connectivity index (χ2n) is 6.90. The van der Waals surface area contributed by atoms with Gasteiger partial charge in [0.1, 0.15) is 11.6 Å². The Morgan fingerprint density at radius 3 is 2.48 bits per heavy atom. The number of aromatic nitrogens is 2. The van der Waals surface area contributed by atoms with Gasteiger partial charge in [-0.1, -0.05) is 29.8 Å². The van der Waals surface area contributed by atoms with Crippen molar-refractivity contribution in [1.82, 2.24) is 9.97 Å². The molecular weight excluding hydrogens is 415 g/mol. The predicted octanol–water partition coefficient (Wildman–Crippen LogP) is 6.24. The Labute approximate surface area is 184 Å². The van der Waals surface area contributed by atoms with Crippen molar-refractivity contribution in [2.24, 2.45) is 0 Å². The third-order valence-corrected chi connectivity index (χ3v) is 4.99. The molecule has 0 spiro atoms. The lowest BCUT2D eigenvalue weighted by Crippen LogP contribution is -2.11. The molecule has 0 radical (unpaired) electrons. The number of amides is 1. The van der Waals surface area contributed by atoms with Crippen LogP contribution in [0.5, 0.6) is 0 Å². The fourth-order valence-corrected chi connectivity index (χ4v) is 3.10. The number of nitrogens with zero attached hydrogens (tertiary/aromatic N) is 2. The topological polar surface area (TPSA) is 66.9 Å². The molecule has 3 aromatic carbocycles. The molecule has 31 heavy (non-hydrogen) atoms. The molecule has 4 rings (SSSR count). The Morgan fingerprint density at radius 1 is 0.968 bits per heavy atom. The number of benzene rings is 3. The number of halogens is 2. The molecule has 0 aliphatic rings. The summed E-state index contributed by atoms with van der Waals surface area (Å²) in [5.74, 6) is 0.390. The SMILES string of the molecule is Cc1ccc(NC(=O)c2ccc(Nc3ccnc(-c4cccc(F)c4)n3)cc2)cc1Cl. The van der Waals surface area contributed by atoms with Gasteiger partial charge in [-0.3, -0.25) is 4.79 Å². The quantitative estimate of drug-likeness (QED) is 0.391. The monoisotopic (exact) mass is 432 g/mol. The smallest absolute Gasteiger partial charge is 0.255 e. The van der Waals surface area contributed by atoms with Crippen LogP contribution in [0.3, 0.4) is 0 Å². The number of anilines is 3. The van der Waals surface area contributed by atoms with Crippen LogP contribution in [0.15, 0.2) is 79.0 Å². The van der Waals surface area contributed by atoms with E-state index in [0.29, 0.717) is 33.5 Å². The molecular formula is C24H18ClFN4O. The molecule has 0 saturated heterocycles. The molecule has 0 unspecified atom stereocenters. The van der Waals surface area contributed by atoms with E-state index in [-0.39, 0.29) is 11.7 Å². The van der Waals surface area contributed by atoms with E-state index >= 15 is 0 Å². The first kappa shape index (κ1) is 20.5. The van der Waals surface area contributed by atoms with Gasteiger partial charge in [0.2, 0.25) is 0 Å². The molecule has 0 atom stereocenters. The highest BCUT2D eigenvalue weighted by molar-refractivity contribution is 6.31. The first-order valence-electron chi connectivity index (χ1n) is 9.51. The van der Waals surface area contributed by atoms with Gasteiger partial charge in [0.05, 0.1) is 0 Å². The number of nitrogens with one attached hydrogen (secondary N) is 2. The van der Waals surface area contributed by atoms with Crippen LogP contribution >= 0.6 is 11.6 Å². The zero-order chi connectivity index (χ0) is 21.8. The third-order valence-electron chi connectivity index (χ3n) is 4.59. The van der Waals surface area contributed by atoms with Gasteiger partial charge in [0.25, 0.3) is 5.91 Å². The van der Waals surface area contributed by atoms with Crippen LogP contribution in [-0.2, 0) is 0 Å². The first-order valence-corrected chi connectivity index (χ1v) is 9.89. The lowest BCUT2D eigenvalue weighted by atomic mass is 10.1. The second kappa shape index (κ2) is 8.93. The lowest BCUT2D eigenvalue weighted by Gasteiger charge is -2.09. The van der Waals surface area contributed by atoms with Crippen LogP contribution in [-0.4, -0.2) is 15.9 Å². The Balaban J connectivity index is 1.45. The van der Waals surface area contributed by atoms with Crippen molar-refractivity contribution in [2.75, 3.05) is 10.6 Å². The summed E-state index contributed by atoms with van der Waals surface area (Å²) in [4.78, 5) is 21.1. The molecule has 4 aromatic rings. The Morgan fingerprint density at radius 2 is 1.74 bits per heavy atom. The molecule has 1 heterocycles. The average Bonchev–Trinajstić information content (AvgIpc) is 2.77. The number of carbonyl (C=O) groups is 1. The van der Waals surface area contributed by atoms with Gasteiger partial charge in [-0.25, -0.2) is 14.4 Å². The van der Waals surface area contributed by atoms with Crippen molar-refractivity contribution < 1.29 is 9.18 Å². The van der Waals surface area contributed by atoms with Gasteiger partial charge in [-0.15, -0.1) is 0 Å². The minimum absolute atomic E-state index is 0.234. The summed E-state index contributed by atoms with van der Waals surface area (Å²) in [5.41, 5.74) is 3.42. The molecule has 1 aromatic heterocycles. The normalized spacial score (nSPS) is 10.5. The third kappa shape index (κ3) is 5.05. The van der Waals surface area contributed by atoms with E-state index < -0.39 is 0 Å². The summed E-state index contributed by atoms with van der Waals surface area (Å²) in [6.45, 7) is 1.90. The maximum Gasteiger partial charge on any atom is 0.255 e. The minimum Gasteiger partial charge on any atom is -0.340 e. The van der Waals surface area contributed by atoms with E-state index in [2.05, 4.69) is 20.6 Å². The van der Waals surface area contributed by atoms with E-state index in [0.717, 1.165) is 11.3 Å². The summed E-state index contributed by atoms with van der Waals surface area (Å²) in [6, 6.07) is 20.2. The van der Waals surface area contributed by atoms with Gasteiger partial charge >= 0.3 is 0 Å². The average molecular weight is 433 g/mol. The van der Waals surface area contributed by atoms with Crippen molar-refractivity contribution in [1.29, 1.82) is 0 Å². The molecule has 0 saturated carbocycles. The Hall–Kier alpha value is -3.77. The first-order chi connectivity index (χ1) is 15.0. The highest BCUT2D eigenvalue weighted by Crippen LogP contribution is 2.22. The van der Waals surface area contributed by atoms with Gasteiger partial charge in [0, 0.05) is 33.7 Å². The van der Waals surface area contributed by atoms with Crippen LogP contribution in [0.2, 0.25) is 5.02 Å². The van der Waals surface area contributed by atoms with Gasteiger partial charge < -0.3 is 10.6 Å². The van der Waals surface area contributed by atoms with Crippen LogP contribution in [0, 0.1) is 12.7 Å². The minimum atomic E-state index is -0.346. The highest BCUT2D eigenvalue weighted by Gasteiger charge is 2.08. The fourth-order valence-electron chi connectivity index (χ4n) is 2.92.